The highest BCUT2D eigenvalue weighted by molar-refractivity contribution is 6.26. The van der Waals surface area contributed by atoms with E-state index in [-0.39, 0.29) is 76.9 Å². The summed E-state index contributed by atoms with van der Waals surface area (Å²) in [6.45, 7) is 2.69. The summed E-state index contributed by atoms with van der Waals surface area (Å²) in [6, 6.07) is -1.16. The molecular weight excluding hydrogens is 518 g/mol. The number of likely N-dealkylation sites (N-methyl/N-ethyl adjacent to an activating group) is 1. The third-order valence-electron chi connectivity index (χ3n) is 8.89. The number of ether oxygens (including phenoxy) is 2. The lowest BCUT2D eigenvalue weighted by atomic mass is 9.67. The van der Waals surface area contributed by atoms with E-state index in [2.05, 4.69) is 11.4 Å². The van der Waals surface area contributed by atoms with Crippen LogP contribution in [0.2, 0.25) is 0 Å². The highest BCUT2D eigenvalue weighted by atomic mass is 16.5. The van der Waals surface area contributed by atoms with Crippen molar-refractivity contribution in [3.63, 3.8) is 0 Å². The van der Waals surface area contributed by atoms with Crippen LogP contribution in [0.15, 0.2) is 45.0 Å². The largest absolute Gasteiger partial charge is 0.492 e. The minimum Gasteiger partial charge on any atom is -0.492 e. The number of carbonyl (C=O) groups is 5. The number of nitrogens with two attached hydrogens (primary N) is 1. The number of nitriles is 1. The van der Waals surface area contributed by atoms with E-state index < -0.39 is 47.7 Å². The Labute approximate surface area is 231 Å². The zero-order valence-corrected chi connectivity index (χ0v) is 23.0. The number of nitrogens with zero attached hydrogens (tertiary/aromatic N) is 3. The number of carbonyl (C=O) groups excluding carboxylic acids is 5. The van der Waals surface area contributed by atoms with Crippen LogP contribution < -0.4 is 11.1 Å². The van der Waals surface area contributed by atoms with Gasteiger partial charge in [0.2, 0.25) is 17.5 Å². The molecule has 5 atom stereocenters. The number of Topliss-reactive ketones (excluding diaryl/α,β-unsaturated/α-hetero) is 4. The predicted molar refractivity (Wildman–Crippen MR) is 139 cm³/mol. The van der Waals surface area contributed by atoms with Crippen LogP contribution in [-0.4, -0.2) is 103 Å². The summed E-state index contributed by atoms with van der Waals surface area (Å²) in [5, 5.41) is 13.2. The second-order valence-corrected chi connectivity index (χ2v) is 10.6. The molecule has 0 aromatic rings. The highest BCUT2D eigenvalue weighted by Gasteiger charge is 2.59. The summed E-state index contributed by atoms with van der Waals surface area (Å²) in [7, 11) is 4.45. The second kappa shape index (κ2) is 9.92. The van der Waals surface area contributed by atoms with E-state index in [1.165, 1.54) is 21.1 Å². The Kier molecular flexibility index (Phi) is 6.86. The fourth-order valence-electron chi connectivity index (χ4n) is 7.10. The van der Waals surface area contributed by atoms with Crippen molar-refractivity contribution >= 4 is 29.0 Å². The van der Waals surface area contributed by atoms with Crippen molar-refractivity contribution in [1.82, 2.24) is 15.1 Å². The van der Waals surface area contributed by atoms with E-state index in [0.717, 1.165) is 0 Å². The zero-order chi connectivity index (χ0) is 29.2. The van der Waals surface area contributed by atoms with Crippen LogP contribution >= 0.6 is 0 Å². The van der Waals surface area contributed by atoms with Crippen molar-refractivity contribution in [2.75, 3.05) is 34.4 Å². The molecule has 5 aliphatic rings. The molecule has 2 bridgehead atoms. The van der Waals surface area contributed by atoms with E-state index in [4.69, 9.17) is 15.2 Å². The van der Waals surface area contributed by atoms with Crippen LogP contribution in [0, 0.1) is 11.3 Å². The van der Waals surface area contributed by atoms with Crippen LogP contribution in [0.1, 0.15) is 26.7 Å². The van der Waals surface area contributed by atoms with E-state index in [9.17, 15) is 29.2 Å². The maximum Gasteiger partial charge on any atom is 0.233 e. The molecule has 210 valence electrons. The van der Waals surface area contributed by atoms with Crippen molar-refractivity contribution in [3.05, 3.63) is 45.0 Å². The molecule has 12 heteroatoms. The van der Waals surface area contributed by atoms with Crippen LogP contribution in [0.4, 0.5) is 0 Å². The molecular formula is C28H31N5O7. The molecule has 5 rings (SSSR count). The molecule has 0 spiro atoms. The van der Waals surface area contributed by atoms with Crippen LogP contribution in [0.25, 0.3) is 0 Å². The monoisotopic (exact) mass is 549 g/mol. The molecule has 3 heterocycles. The average Bonchev–Trinajstić information content (AvgIpc) is 2.93. The van der Waals surface area contributed by atoms with Gasteiger partial charge in [0.05, 0.1) is 38.9 Å². The maximum absolute atomic E-state index is 13.8. The summed E-state index contributed by atoms with van der Waals surface area (Å²) in [6.07, 6.45) is 0.199. The molecule has 0 aromatic heterocycles. The van der Waals surface area contributed by atoms with Crippen molar-refractivity contribution in [2.45, 2.75) is 56.9 Å². The number of piperazine rings is 1. The van der Waals surface area contributed by atoms with Gasteiger partial charge in [0.25, 0.3) is 0 Å². The smallest absolute Gasteiger partial charge is 0.233 e. The SMILES string of the molecule is COC1=C(C)C(=O)C2=C(C1=O)[C@H]1[C@@H]3CC4=C(C(=O)C(OC)=C(C)C4=O)[C@H](CNC(=O)CN)N3C(C#N)[C@@H](C2)N1C. The Morgan fingerprint density at radius 1 is 0.950 bits per heavy atom. The van der Waals surface area contributed by atoms with Gasteiger partial charge in [-0.1, -0.05) is 0 Å². The van der Waals surface area contributed by atoms with Gasteiger partial charge in [-0.3, -0.25) is 33.8 Å². The summed E-state index contributed by atoms with van der Waals surface area (Å²) >= 11 is 0. The topological polar surface area (TPSA) is 172 Å². The van der Waals surface area contributed by atoms with E-state index in [1.807, 2.05) is 9.80 Å². The molecule has 3 N–H and O–H groups in total. The maximum atomic E-state index is 13.8. The number of amides is 1. The summed E-state index contributed by atoms with van der Waals surface area (Å²) in [5.74, 6) is -2.13. The van der Waals surface area contributed by atoms with Crippen molar-refractivity contribution in [1.29, 1.82) is 5.26 Å². The Morgan fingerprint density at radius 3 is 2.00 bits per heavy atom. The van der Waals surface area contributed by atoms with Gasteiger partial charge in [-0.2, -0.15) is 5.26 Å². The summed E-state index contributed by atoms with van der Waals surface area (Å²) in [5.41, 5.74) is 6.95. The van der Waals surface area contributed by atoms with Gasteiger partial charge in [0, 0.05) is 52.1 Å². The molecule has 3 aliphatic heterocycles. The predicted octanol–water partition coefficient (Wildman–Crippen LogP) is -0.780. The Morgan fingerprint density at radius 2 is 1.48 bits per heavy atom. The van der Waals surface area contributed by atoms with Gasteiger partial charge in [0.15, 0.2) is 23.1 Å². The first kappa shape index (κ1) is 27.6. The first-order valence-electron chi connectivity index (χ1n) is 13.0. The van der Waals surface area contributed by atoms with Gasteiger partial charge < -0.3 is 20.5 Å². The molecule has 40 heavy (non-hydrogen) atoms. The molecule has 0 aromatic carbocycles. The Bertz CT molecular complexity index is 1440. The Balaban J connectivity index is 1.72. The van der Waals surface area contributed by atoms with Crippen LogP contribution in [0.5, 0.6) is 0 Å². The second-order valence-electron chi connectivity index (χ2n) is 10.6. The minimum atomic E-state index is -0.877. The molecule has 1 saturated heterocycles. The minimum absolute atomic E-state index is 0.0283. The molecule has 1 unspecified atom stereocenters. The zero-order valence-electron chi connectivity index (χ0n) is 23.0. The summed E-state index contributed by atoms with van der Waals surface area (Å²) < 4.78 is 10.7. The van der Waals surface area contributed by atoms with E-state index >= 15 is 0 Å². The number of hydrogen-bond donors (Lipinski definition) is 2. The molecule has 1 fully saturated rings. The number of nitrogens with one attached hydrogen (secondary N) is 1. The fraction of sp³-hybridized carbons (Fsp3) is 0.500. The van der Waals surface area contributed by atoms with Gasteiger partial charge in [-0.05, 0) is 33.7 Å². The number of hydrogen-bond acceptors (Lipinski definition) is 11. The number of rotatable bonds is 5. The first-order valence-corrected chi connectivity index (χ1v) is 13.0. The van der Waals surface area contributed by atoms with Gasteiger partial charge in [-0.15, -0.1) is 0 Å². The van der Waals surface area contributed by atoms with Crippen LogP contribution in [-0.2, 0) is 33.4 Å². The number of fused-ring (bicyclic) bond motifs is 5. The number of ketones is 4. The molecule has 0 radical (unpaired) electrons. The lowest BCUT2D eigenvalue weighted by molar-refractivity contribution is -0.126. The molecule has 2 aliphatic carbocycles. The van der Waals surface area contributed by atoms with Gasteiger partial charge in [0.1, 0.15) is 6.04 Å². The molecule has 12 nitrogen and oxygen atoms in total. The van der Waals surface area contributed by atoms with Crippen molar-refractivity contribution in [2.24, 2.45) is 5.73 Å². The van der Waals surface area contributed by atoms with Crippen molar-refractivity contribution in [3.8, 4) is 6.07 Å². The number of allylic oxidation sites excluding steroid dienone is 4. The number of methoxy groups -OCH3 is 2. The van der Waals surface area contributed by atoms with Crippen LogP contribution in [0.3, 0.4) is 0 Å². The highest BCUT2D eigenvalue weighted by Crippen LogP contribution is 2.48. The third-order valence-corrected chi connectivity index (χ3v) is 8.89. The van der Waals surface area contributed by atoms with Gasteiger partial charge in [-0.25, -0.2) is 0 Å². The lowest BCUT2D eigenvalue weighted by Crippen LogP contribution is -2.74. The summed E-state index contributed by atoms with van der Waals surface area (Å²) in [4.78, 5) is 70.5. The fourth-order valence-corrected chi connectivity index (χ4v) is 7.10. The quantitative estimate of drug-likeness (QED) is 0.412. The normalized spacial score (nSPS) is 30.7. The molecule has 0 saturated carbocycles. The third kappa shape index (κ3) is 3.65. The Hall–Kier alpha value is -3.92. The van der Waals surface area contributed by atoms with Gasteiger partial charge >= 0.3 is 0 Å². The van der Waals surface area contributed by atoms with E-state index in [0.29, 0.717) is 5.57 Å². The lowest BCUT2D eigenvalue weighted by Gasteiger charge is -2.60. The first-order chi connectivity index (χ1) is 19.0. The average molecular weight is 550 g/mol. The van der Waals surface area contributed by atoms with Crippen molar-refractivity contribution < 1.29 is 33.4 Å². The molecule has 1 amide bonds. The standard InChI is InChI=1S/C28H31N5O7/c1-11-23(35)13-7-16-22-21-14(24(36)12(2)28(40-5)26(21)38)6-15(32(22)3)17(8-29)33(16)18(10-31-19(34)9-30)20(13)25(37)27(11)39-4/h15-18,22H,6-7,9-10,30H2,1-5H3,(H,31,34)/t15-,16+,17?,18+,22-/m1/s1. The van der Waals surface area contributed by atoms with E-state index in [1.54, 1.807) is 14.0 Å².